The van der Waals surface area contributed by atoms with Crippen molar-refractivity contribution in [1.29, 1.82) is 0 Å². The second kappa shape index (κ2) is 9.36. The van der Waals surface area contributed by atoms with Gasteiger partial charge in [-0.3, -0.25) is 4.79 Å². The van der Waals surface area contributed by atoms with Gasteiger partial charge >= 0.3 is 0 Å². The van der Waals surface area contributed by atoms with Gasteiger partial charge in [0.25, 0.3) is 0 Å². The number of pyridine rings is 1. The fraction of sp³-hybridized carbons (Fsp3) is 0.259. The molecule has 0 aliphatic carbocycles. The maximum Gasteiger partial charge on any atom is 0.249 e. The van der Waals surface area contributed by atoms with Gasteiger partial charge in [-0.2, -0.15) is 0 Å². The second-order valence-electron chi connectivity index (χ2n) is 8.82. The highest BCUT2D eigenvalue weighted by atomic mass is 16.6. The van der Waals surface area contributed by atoms with Crippen molar-refractivity contribution in [3.8, 4) is 17.4 Å². The summed E-state index contributed by atoms with van der Waals surface area (Å²) in [7, 11) is 1.57. The normalized spacial score (nSPS) is 13.4. The Hall–Kier alpha value is -3.80. The molecule has 0 fully saturated rings. The predicted molar refractivity (Wildman–Crippen MR) is 129 cm³/mol. The Balaban J connectivity index is 1.65. The highest BCUT2D eigenvalue weighted by molar-refractivity contribution is 6.06. The minimum absolute atomic E-state index is 0.0414. The molecule has 2 aromatic carbocycles. The molecular weight excluding hydrogens is 416 g/mol. The Morgan fingerprint density at radius 3 is 2.30 bits per heavy atom. The van der Waals surface area contributed by atoms with Crippen molar-refractivity contribution in [2.45, 2.75) is 26.2 Å². The average Bonchev–Trinajstić information content (AvgIpc) is 2.82. The number of benzene rings is 2. The van der Waals surface area contributed by atoms with Crippen molar-refractivity contribution < 1.29 is 19.0 Å². The lowest BCUT2D eigenvalue weighted by molar-refractivity contribution is -0.111. The third kappa shape index (κ3) is 5.34. The summed E-state index contributed by atoms with van der Waals surface area (Å²) in [4.78, 5) is 17.3. The summed E-state index contributed by atoms with van der Waals surface area (Å²) in [5.41, 5.74) is 4.40. The van der Waals surface area contributed by atoms with E-state index < -0.39 is 0 Å². The lowest BCUT2D eigenvalue weighted by Gasteiger charge is -2.20. The summed E-state index contributed by atoms with van der Waals surface area (Å²) < 4.78 is 16.3. The number of ether oxygens (including phenoxy) is 3. The summed E-state index contributed by atoms with van der Waals surface area (Å²) in [5.74, 6) is 1.57. The monoisotopic (exact) mass is 444 g/mol. The molecule has 6 heteroatoms. The molecule has 1 amide bonds. The number of amides is 1. The number of carbonyl (C=O) groups is 1. The number of aromatic nitrogens is 1. The molecule has 1 N–H and O–H groups in total. The van der Waals surface area contributed by atoms with Crippen LogP contribution in [-0.4, -0.2) is 31.2 Å². The van der Waals surface area contributed by atoms with Gasteiger partial charge in [0.05, 0.1) is 7.11 Å². The lowest BCUT2D eigenvalue weighted by Crippen LogP contribution is -2.16. The minimum Gasteiger partial charge on any atom is -0.486 e. The van der Waals surface area contributed by atoms with Crippen molar-refractivity contribution in [1.82, 2.24) is 4.98 Å². The van der Waals surface area contributed by atoms with Crippen LogP contribution in [0.15, 0.2) is 66.9 Å². The van der Waals surface area contributed by atoms with Crippen molar-refractivity contribution in [2.75, 3.05) is 25.6 Å². The molecule has 0 atom stereocenters. The molecule has 2 heterocycles. The molecule has 1 aliphatic heterocycles. The first-order valence-electron chi connectivity index (χ1n) is 10.9. The molecular formula is C27H28N2O4. The average molecular weight is 445 g/mol. The molecule has 3 aromatic rings. The van der Waals surface area contributed by atoms with Crippen LogP contribution in [0, 0.1) is 0 Å². The van der Waals surface area contributed by atoms with E-state index in [-0.39, 0.29) is 11.3 Å². The molecule has 0 unspecified atom stereocenters. The maximum atomic E-state index is 13.0. The van der Waals surface area contributed by atoms with E-state index in [4.69, 9.17) is 14.2 Å². The number of hydrogen-bond acceptors (Lipinski definition) is 5. The third-order valence-corrected chi connectivity index (χ3v) is 5.40. The largest absolute Gasteiger partial charge is 0.486 e. The van der Waals surface area contributed by atoms with Gasteiger partial charge in [0.2, 0.25) is 11.8 Å². The first kappa shape index (κ1) is 22.4. The van der Waals surface area contributed by atoms with E-state index >= 15 is 0 Å². The summed E-state index contributed by atoms with van der Waals surface area (Å²) in [6.45, 7) is 7.53. The van der Waals surface area contributed by atoms with Gasteiger partial charge in [-0.1, -0.05) is 45.0 Å². The minimum atomic E-state index is -0.252. The first-order chi connectivity index (χ1) is 15.8. The van der Waals surface area contributed by atoms with Gasteiger partial charge in [-0.25, -0.2) is 4.98 Å². The smallest absolute Gasteiger partial charge is 0.249 e. The number of rotatable bonds is 5. The molecule has 33 heavy (non-hydrogen) atoms. The summed E-state index contributed by atoms with van der Waals surface area (Å²) in [5, 5.41) is 2.92. The van der Waals surface area contributed by atoms with Crippen LogP contribution in [0.2, 0.25) is 0 Å². The Labute approximate surface area is 194 Å². The van der Waals surface area contributed by atoms with E-state index in [0.29, 0.717) is 36.3 Å². The van der Waals surface area contributed by atoms with Crippen molar-refractivity contribution >= 4 is 17.2 Å². The standard InChI is InChI=1S/C27H28N2O4/c1-27(2,3)20-8-5-18(6-9-20)22(19-7-12-26(31-4)28-17-19)16-25(30)29-21-10-11-23-24(15-21)33-14-13-32-23/h5-12,15-17H,13-14H2,1-4H3,(H,29,30). The number of nitrogens with zero attached hydrogens (tertiary/aromatic N) is 1. The molecule has 0 spiro atoms. The fourth-order valence-electron chi connectivity index (χ4n) is 3.57. The van der Waals surface area contributed by atoms with Crippen LogP contribution in [0.1, 0.15) is 37.5 Å². The van der Waals surface area contributed by atoms with Crippen LogP contribution in [0.25, 0.3) is 5.57 Å². The Morgan fingerprint density at radius 1 is 0.970 bits per heavy atom. The van der Waals surface area contributed by atoms with Crippen LogP contribution in [0.5, 0.6) is 17.4 Å². The molecule has 0 radical (unpaired) electrons. The van der Waals surface area contributed by atoms with E-state index in [2.05, 4.69) is 43.2 Å². The quantitative estimate of drug-likeness (QED) is 0.546. The van der Waals surface area contributed by atoms with E-state index in [9.17, 15) is 4.79 Å². The molecule has 1 aliphatic rings. The highest BCUT2D eigenvalue weighted by Crippen LogP contribution is 2.33. The Bertz CT molecular complexity index is 1160. The third-order valence-electron chi connectivity index (χ3n) is 5.40. The summed E-state index contributed by atoms with van der Waals surface area (Å²) >= 11 is 0. The van der Waals surface area contributed by atoms with Crippen LogP contribution in [0.4, 0.5) is 5.69 Å². The number of anilines is 1. The highest BCUT2D eigenvalue weighted by Gasteiger charge is 2.16. The van der Waals surface area contributed by atoms with Crippen LogP contribution in [0.3, 0.4) is 0 Å². The van der Waals surface area contributed by atoms with E-state index in [1.165, 1.54) is 5.56 Å². The first-order valence-corrected chi connectivity index (χ1v) is 10.9. The van der Waals surface area contributed by atoms with Gasteiger partial charge in [0, 0.05) is 35.7 Å². The van der Waals surface area contributed by atoms with Crippen LogP contribution >= 0.6 is 0 Å². The van der Waals surface area contributed by atoms with Gasteiger partial charge in [-0.15, -0.1) is 0 Å². The number of hydrogen-bond donors (Lipinski definition) is 1. The number of carbonyl (C=O) groups excluding carboxylic acids is 1. The Morgan fingerprint density at radius 2 is 1.67 bits per heavy atom. The summed E-state index contributed by atoms with van der Waals surface area (Å²) in [6, 6.07) is 17.3. The molecule has 0 saturated heterocycles. The second-order valence-corrected chi connectivity index (χ2v) is 8.82. The zero-order valence-corrected chi connectivity index (χ0v) is 19.3. The van der Waals surface area contributed by atoms with Crippen LogP contribution in [-0.2, 0) is 10.2 Å². The topological polar surface area (TPSA) is 69.7 Å². The number of methoxy groups -OCH3 is 1. The molecule has 6 nitrogen and oxygen atoms in total. The predicted octanol–water partition coefficient (Wildman–Crippen LogP) is 5.23. The zero-order chi connectivity index (χ0) is 23.4. The SMILES string of the molecule is COc1ccc(C(=CC(=O)Nc2ccc3c(c2)OCCO3)c2ccc(C(C)(C)C)cc2)cn1. The zero-order valence-electron chi connectivity index (χ0n) is 19.3. The molecule has 170 valence electrons. The van der Waals surface area contributed by atoms with Gasteiger partial charge in [-0.05, 0) is 40.3 Å². The van der Waals surface area contributed by atoms with Crippen molar-refractivity contribution in [2.24, 2.45) is 0 Å². The molecule has 0 saturated carbocycles. The Kier molecular flexibility index (Phi) is 6.36. The lowest BCUT2D eigenvalue weighted by atomic mass is 9.86. The number of fused-ring (bicyclic) bond motifs is 1. The van der Waals surface area contributed by atoms with E-state index in [1.54, 1.807) is 43.6 Å². The van der Waals surface area contributed by atoms with E-state index in [0.717, 1.165) is 16.7 Å². The molecule has 1 aromatic heterocycles. The van der Waals surface area contributed by atoms with Crippen molar-refractivity contribution in [3.05, 3.63) is 83.6 Å². The van der Waals surface area contributed by atoms with Gasteiger partial charge < -0.3 is 19.5 Å². The maximum absolute atomic E-state index is 13.0. The van der Waals surface area contributed by atoms with Crippen LogP contribution < -0.4 is 19.5 Å². The van der Waals surface area contributed by atoms with E-state index in [1.807, 2.05) is 18.2 Å². The van der Waals surface area contributed by atoms with Gasteiger partial charge in [0.15, 0.2) is 11.5 Å². The van der Waals surface area contributed by atoms with Crippen molar-refractivity contribution in [3.63, 3.8) is 0 Å². The fourth-order valence-corrected chi connectivity index (χ4v) is 3.57. The number of nitrogens with one attached hydrogen (secondary N) is 1. The summed E-state index contributed by atoms with van der Waals surface area (Å²) in [6.07, 6.45) is 3.30. The molecule has 0 bridgehead atoms. The van der Waals surface area contributed by atoms with Gasteiger partial charge in [0.1, 0.15) is 13.2 Å². The molecule has 4 rings (SSSR count).